The minimum atomic E-state index is -0.619. The lowest BCUT2D eigenvalue weighted by Gasteiger charge is -2.36. The third kappa shape index (κ3) is 2.58. The number of amides is 1. The molecule has 0 bridgehead atoms. The van der Waals surface area contributed by atoms with Crippen LogP contribution in [0.15, 0.2) is 12.3 Å². The van der Waals surface area contributed by atoms with E-state index in [9.17, 15) is 9.59 Å². The van der Waals surface area contributed by atoms with Crippen molar-refractivity contribution in [3.8, 4) is 5.75 Å². The van der Waals surface area contributed by atoms with Crippen LogP contribution < -0.4 is 4.74 Å². The molecule has 1 aromatic rings. The van der Waals surface area contributed by atoms with Crippen molar-refractivity contribution in [2.24, 2.45) is 0 Å². The fraction of sp³-hybridized carbons (Fsp3) is 0.533. The van der Waals surface area contributed by atoms with Crippen LogP contribution in [0.2, 0.25) is 0 Å². The number of pyridine rings is 1. The van der Waals surface area contributed by atoms with E-state index in [0.29, 0.717) is 37.2 Å². The molecule has 1 amide bonds. The molecule has 7 nitrogen and oxygen atoms in total. The molecule has 2 saturated heterocycles. The summed E-state index contributed by atoms with van der Waals surface area (Å²) in [6.07, 6.45) is 2.10. The number of rotatable bonds is 2. The van der Waals surface area contributed by atoms with Gasteiger partial charge in [0.25, 0.3) is 5.91 Å². The van der Waals surface area contributed by atoms with Gasteiger partial charge in [0.2, 0.25) is 0 Å². The second-order valence-electron chi connectivity index (χ2n) is 5.64. The second kappa shape index (κ2) is 5.47. The number of likely N-dealkylation sites (tertiary alicyclic amines) is 1. The van der Waals surface area contributed by atoms with E-state index in [4.69, 9.17) is 14.2 Å². The molecular weight excluding hydrogens is 288 g/mol. The molecule has 2 aliphatic heterocycles. The highest BCUT2D eigenvalue weighted by molar-refractivity contribution is 5.97. The van der Waals surface area contributed by atoms with E-state index < -0.39 is 11.8 Å². The molecule has 1 spiro atoms. The summed E-state index contributed by atoms with van der Waals surface area (Å²) in [5, 5.41) is 0. The number of hydrogen-bond donors (Lipinski definition) is 0. The van der Waals surface area contributed by atoms with Crippen LogP contribution in [0.4, 0.5) is 4.79 Å². The van der Waals surface area contributed by atoms with E-state index in [2.05, 4.69) is 4.98 Å². The van der Waals surface area contributed by atoms with Gasteiger partial charge in [0.15, 0.2) is 5.60 Å². The highest BCUT2D eigenvalue weighted by Gasteiger charge is 2.45. The van der Waals surface area contributed by atoms with Gasteiger partial charge in [0.1, 0.15) is 12.4 Å². The molecule has 3 rings (SSSR count). The standard InChI is InChI=1S/C15H18N2O5/c1-10-7-11(12(20-2)8-16-10)13(18)17-5-3-15(4-6-17)9-21-14(19)22-15/h7-8H,3-6,9H2,1-2H3. The number of carbonyl (C=O) groups excluding carboxylic acids is 2. The smallest absolute Gasteiger partial charge is 0.494 e. The summed E-state index contributed by atoms with van der Waals surface area (Å²) < 4.78 is 15.4. The Hall–Kier alpha value is -2.31. The summed E-state index contributed by atoms with van der Waals surface area (Å²) >= 11 is 0. The molecule has 0 saturated carbocycles. The van der Waals surface area contributed by atoms with Crippen molar-refractivity contribution in [2.75, 3.05) is 26.8 Å². The monoisotopic (exact) mass is 306 g/mol. The molecule has 7 heteroatoms. The Morgan fingerprint density at radius 3 is 2.73 bits per heavy atom. The van der Waals surface area contributed by atoms with E-state index in [0.717, 1.165) is 5.69 Å². The van der Waals surface area contributed by atoms with Crippen LogP contribution in [0, 0.1) is 6.92 Å². The van der Waals surface area contributed by atoms with Gasteiger partial charge in [-0.3, -0.25) is 9.78 Å². The fourth-order valence-electron chi connectivity index (χ4n) is 2.84. The first-order valence-corrected chi connectivity index (χ1v) is 7.19. The molecule has 2 fully saturated rings. The molecular formula is C15H18N2O5. The molecule has 0 aliphatic carbocycles. The van der Waals surface area contributed by atoms with Crippen LogP contribution in [0.5, 0.6) is 5.75 Å². The minimum absolute atomic E-state index is 0.0950. The second-order valence-corrected chi connectivity index (χ2v) is 5.64. The number of piperidine rings is 1. The van der Waals surface area contributed by atoms with Gasteiger partial charge in [-0.15, -0.1) is 0 Å². The average Bonchev–Trinajstić information content (AvgIpc) is 2.88. The number of methoxy groups -OCH3 is 1. The topological polar surface area (TPSA) is 78.0 Å². The third-order valence-electron chi connectivity index (χ3n) is 4.17. The molecule has 1 aromatic heterocycles. The maximum absolute atomic E-state index is 12.7. The first-order chi connectivity index (χ1) is 10.5. The van der Waals surface area contributed by atoms with Crippen LogP contribution in [0.1, 0.15) is 28.9 Å². The Morgan fingerprint density at radius 2 is 2.14 bits per heavy atom. The molecule has 118 valence electrons. The van der Waals surface area contributed by atoms with Gasteiger partial charge in [-0.1, -0.05) is 0 Å². The average molecular weight is 306 g/mol. The number of aromatic nitrogens is 1. The van der Waals surface area contributed by atoms with Gasteiger partial charge in [0.05, 0.1) is 18.9 Å². The number of cyclic esters (lactones) is 1. The first kappa shape index (κ1) is 14.6. The predicted octanol–water partition coefficient (Wildman–Crippen LogP) is 1.54. The molecule has 0 atom stereocenters. The van der Waals surface area contributed by atoms with Crippen molar-refractivity contribution in [3.05, 3.63) is 23.5 Å². The Balaban J connectivity index is 1.72. The maximum Gasteiger partial charge on any atom is 0.509 e. The lowest BCUT2D eigenvalue weighted by Crippen LogP contribution is -2.48. The van der Waals surface area contributed by atoms with Crippen molar-refractivity contribution in [1.29, 1.82) is 0 Å². The summed E-state index contributed by atoms with van der Waals surface area (Å²) in [5.74, 6) is 0.369. The van der Waals surface area contributed by atoms with E-state index in [1.54, 1.807) is 17.2 Å². The van der Waals surface area contributed by atoms with Crippen LogP contribution in [-0.4, -0.2) is 54.4 Å². The summed E-state index contributed by atoms with van der Waals surface area (Å²) in [7, 11) is 1.52. The predicted molar refractivity (Wildman–Crippen MR) is 75.8 cm³/mol. The zero-order valence-electron chi connectivity index (χ0n) is 12.6. The van der Waals surface area contributed by atoms with E-state index in [1.807, 2.05) is 6.92 Å². The van der Waals surface area contributed by atoms with Crippen LogP contribution in [-0.2, 0) is 9.47 Å². The number of hydrogen-bond acceptors (Lipinski definition) is 6. The zero-order chi connectivity index (χ0) is 15.7. The van der Waals surface area contributed by atoms with Crippen LogP contribution >= 0.6 is 0 Å². The third-order valence-corrected chi connectivity index (χ3v) is 4.17. The summed E-state index contributed by atoms with van der Waals surface area (Å²) in [6, 6.07) is 1.73. The molecule has 0 N–H and O–H groups in total. The SMILES string of the molecule is COc1cnc(C)cc1C(=O)N1CCC2(CC1)COC(=O)O2. The molecule has 0 radical (unpaired) electrons. The number of ether oxygens (including phenoxy) is 3. The zero-order valence-corrected chi connectivity index (χ0v) is 12.6. The molecule has 2 aliphatic rings. The molecule has 0 unspecified atom stereocenters. The van der Waals surface area contributed by atoms with Crippen molar-refractivity contribution in [2.45, 2.75) is 25.4 Å². The normalized spacial score (nSPS) is 19.7. The van der Waals surface area contributed by atoms with Gasteiger partial charge < -0.3 is 19.1 Å². The van der Waals surface area contributed by atoms with Gasteiger partial charge in [-0.05, 0) is 13.0 Å². The summed E-state index contributed by atoms with van der Waals surface area (Å²) in [6.45, 7) is 3.13. The van der Waals surface area contributed by atoms with Gasteiger partial charge in [-0.2, -0.15) is 0 Å². The molecule has 0 aromatic carbocycles. The van der Waals surface area contributed by atoms with Gasteiger partial charge >= 0.3 is 6.16 Å². The largest absolute Gasteiger partial charge is 0.509 e. The van der Waals surface area contributed by atoms with E-state index >= 15 is 0 Å². The molecule has 22 heavy (non-hydrogen) atoms. The highest BCUT2D eigenvalue weighted by atomic mass is 16.8. The van der Waals surface area contributed by atoms with E-state index in [-0.39, 0.29) is 12.5 Å². The Kier molecular flexibility index (Phi) is 3.64. The van der Waals surface area contributed by atoms with E-state index in [1.165, 1.54) is 7.11 Å². The fourth-order valence-corrected chi connectivity index (χ4v) is 2.84. The minimum Gasteiger partial charge on any atom is -0.494 e. The Morgan fingerprint density at radius 1 is 1.41 bits per heavy atom. The van der Waals surface area contributed by atoms with Crippen molar-refractivity contribution in [3.63, 3.8) is 0 Å². The Labute approximate surface area is 128 Å². The molecule has 3 heterocycles. The maximum atomic E-state index is 12.7. The lowest BCUT2D eigenvalue weighted by molar-refractivity contribution is 0.00274. The highest BCUT2D eigenvalue weighted by Crippen LogP contribution is 2.32. The van der Waals surface area contributed by atoms with Gasteiger partial charge in [-0.25, -0.2) is 4.79 Å². The van der Waals surface area contributed by atoms with Crippen LogP contribution in [0.25, 0.3) is 0 Å². The summed E-state index contributed by atoms with van der Waals surface area (Å²) in [5.41, 5.74) is 0.702. The summed E-state index contributed by atoms with van der Waals surface area (Å²) in [4.78, 5) is 29.7. The van der Waals surface area contributed by atoms with Crippen molar-refractivity contribution in [1.82, 2.24) is 9.88 Å². The Bertz CT molecular complexity index is 608. The quantitative estimate of drug-likeness (QED) is 0.771. The first-order valence-electron chi connectivity index (χ1n) is 7.19. The lowest BCUT2D eigenvalue weighted by atomic mass is 9.92. The number of nitrogens with zero attached hydrogens (tertiary/aromatic N) is 2. The number of aryl methyl sites for hydroxylation is 1. The van der Waals surface area contributed by atoms with Crippen molar-refractivity contribution < 1.29 is 23.8 Å². The van der Waals surface area contributed by atoms with Crippen molar-refractivity contribution >= 4 is 12.1 Å². The van der Waals surface area contributed by atoms with Crippen LogP contribution in [0.3, 0.4) is 0 Å². The van der Waals surface area contributed by atoms with Gasteiger partial charge in [0, 0.05) is 31.6 Å². The number of carbonyl (C=O) groups is 2.